The SMILES string of the molecule is CC1CC=CC=C(C2=NC(c3ccccc3)=NC(c3cc(-c4cccc5ccccc45)nc(-c4cccc5ccccc45)c3)N2C)C1c1ccccc1. The summed E-state index contributed by atoms with van der Waals surface area (Å²) in [5.74, 6) is 2.21. The molecule has 4 heteroatoms. The van der Waals surface area contributed by atoms with Gasteiger partial charge in [0.1, 0.15) is 5.84 Å². The summed E-state index contributed by atoms with van der Waals surface area (Å²) in [7, 11) is 2.15. The van der Waals surface area contributed by atoms with Crippen LogP contribution in [0.5, 0.6) is 0 Å². The Hall–Kier alpha value is -6.39. The number of hydrogen-bond donors (Lipinski definition) is 0. The van der Waals surface area contributed by atoms with E-state index in [1.807, 2.05) is 6.07 Å². The lowest BCUT2D eigenvalue weighted by Crippen LogP contribution is -2.38. The van der Waals surface area contributed by atoms with E-state index in [0.29, 0.717) is 5.92 Å². The topological polar surface area (TPSA) is 40.9 Å². The Morgan fingerprint density at radius 3 is 1.81 bits per heavy atom. The van der Waals surface area contributed by atoms with E-state index < -0.39 is 0 Å². The number of amidine groups is 2. The van der Waals surface area contributed by atoms with Crippen LogP contribution in [0.3, 0.4) is 0 Å². The van der Waals surface area contributed by atoms with Gasteiger partial charge in [0.05, 0.1) is 11.4 Å². The van der Waals surface area contributed by atoms with Crippen LogP contribution in [0.4, 0.5) is 0 Å². The highest BCUT2D eigenvalue weighted by Crippen LogP contribution is 2.41. The van der Waals surface area contributed by atoms with Crippen LogP contribution in [0.25, 0.3) is 44.1 Å². The molecule has 0 saturated carbocycles. The minimum absolute atomic E-state index is 0.165. The Morgan fingerprint density at radius 1 is 0.604 bits per heavy atom. The minimum Gasteiger partial charge on any atom is -0.333 e. The Kier molecular flexibility index (Phi) is 8.57. The van der Waals surface area contributed by atoms with Gasteiger partial charge in [-0.1, -0.05) is 171 Å². The van der Waals surface area contributed by atoms with E-state index in [2.05, 4.69) is 189 Å². The molecule has 0 bridgehead atoms. The zero-order valence-electron chi connectivity index (χ0n) is 30.0. The normalized spacial score (nSPS) is 18.7. The fraction of sp³-hybridized carbons (Fsp3) is 0.122. The van der Waals surface area contributed by atoms with Crippen LogP contribution in [0.15, 0.2) is 192 Å². The van der Waals surface area contributed by atoms with E-state index in [-0.39, 0.29) is 12.1 Å². The number of pyridine rings is 1. The Morgan fingerprint density at radius 2 is 1.17 bits per heavy atom. The molecule has 9 rings (SSSR count). The number of benzene rings is 6. The summed E-state index contributed by atoms with van der Waals surface area (Å²) in [6, 6.07) is 55.8. The number of hydrogen-bond acceptors (Lipinski definition) is 4. The summed E-state index contributed by atoms with van der Waals surface area (Å²) >= 11 is 0. The summed E-state index contributed by atoms with van der Waals surface area (Å²) < 4.78 is 0. The molecule has 256 valence electrons. The highest BCUT2D eigenvalue weighted by molar-refractivity contribution is 6.13. The highest BCUT2D eigenvalue weighted by Gasteiger charge is 2.34. The van der Waals surface area contributed by atoms with Gasteiger partial charge < -0.3 is 4.90 Å². The lowest BCUT2D eigenvalue weighted by molar-refractivity contribution is 0.377. The quantitative estimate of drug-likeness (QED) is 0.175. The Bertz CT molecular complexity index is 2470. The fourth-order valence-corrected chi connectivity index (χ4v) is 8.09. The molecule has 0 amide bonds. The highest BCUT2D eigenvalue weighted by atomic mass is 15.3. The molecule has 1 aromatic heterocycles. The van der Waals surface area contributed by atoms with E-state index in [0.717, 1.165) is 51.7 Å². The van der Waals surface area contributed by atoms with Crippen molar-refractivity contribution in [1.82, 2.24) is 9.88 Å². The molecular formula is C49H40N4. The maximum absolute atomic E-state index is 5.46. The third-order valence-electron chi connectivity index (χ3n) is 10.7. The standard InChI is InChI=1S/C49H40N4/c1-33-17-9-12-28-43(46(33)36-20-5-3-6-21-36)49-52-47(37-22-7-4-8-23-37)51-48(53(49)2)38-31-44(41-29-15-24-34-18-10-13-26-39(34)41)50-45(32-38)42-30-16-25-35-19-11-14-27-40(35)42/h3-16,18-33,46,48H,17H2,1-2H3. The molecule has 1 aliphatic carbocycles. The van der Waals surface area contributed by atoms with Crippen LogP contribution < -0.4 is 0 Å². The number of fused-ring (bicyclic) bond motifs is 2. The molecule has 2 aliphatic rings. The maximum atomic E-state index is 5.46. The summed E-state index contributed by atoms with van der Waals surface area (Å²) in [6.45, 7) is 2.35. The van der Waals surface area contributed by atoms with Crippen molar-refractivity contribution < 1.29 is 0 Å². The van der Waals surface area contributed by atoms with Crippen LogP contribution in [0.2, 0.25) is 0 Å². The number of aromatic nitrogens is 1. The number of likely N-dealkylation sites (N-methyl/N-ethyl adjacent to an activating group) is 1. The molecule has 1 aliphatic heterocycles. The molecule has 0 fully saturated rings. The van der Waals surface area contributed by atoms with Gasteiger partial charge >= 0.3 is 0 Å². The molecule has 0 radical (unpaired) electrons. The van der Waals surface area contributed by atoms with Crippen molar-refractivity contribution in [2.45, 2.75) is 25.4 Å². The van der Waals surface area contributed by atoms with Gasteiger partial charge in [0.2, 0.25) is 0 Å². The molecule has 4 nitrogen and oxygen atoms in total. The first-order chi connectivity index (χ1) is 26.1. The van der Waals surface area contributed by atoms with E-state index in [1.54, 1.807) is 0 Å². The predicted molar refractivity (Wildman–Crippen MR) is 221 cm³/mol. The van der Waals surface area contributed by atoms with Crippen molar-refractivity contribution in [2.24, 2.45) is 15.9 Å². The maximum Gasteiger partial charge on any atom is 0.159 e. The predicted octanol–water partition coefficient (Wildman–Crippen LogP) is 11.8. The van der Waals surface area contributed by atoms with Crippen LogP contribution in [0.1, 0.15) is 42.1 Å². The molecule has 6 aromatic carbocycles. The summed E-state index contributed by atoms with van der Waals surface area (Å²) in [5, 5.41) is 4.72. The van der Waals surface area contributed by atoms with Crippen LogP contribution in [0, 0.1) is 5.92 Å². The van der Waals surface area contributed by atoms with Crippen molar-refractivity contribution in [3.63, 3.8) is 0 Å². The van der Waals surface area contributed by atoms with Gasteiger partial charge in [0, 0.05) is 40.8 Å². The van der Waals surface area contributed by atoms with E-state index in [1.165, 1.54) is 32.7 Å². The number of aliphatic imine (C=N–C) groups is 2. The minimum atomic E-state index is -0.358. The lowest BCUT2D eigenvalue weighted by atomic mass is 9.79. The molecule has 0 spiro atoms. The van der Waals surface area contributed by atoms with Crippen molar-refractivity contribution in [2.75, 3.05) is 7.05 Å². The van der Waals surface area contributed by atoms with Gasteiger partial charge in [0.25, 0.3) is 0 Å². The first-order valence-corrected chi connectivity index (χ1v) is 18.5. The second-order valence-electron chi connectivity index (χ2n) is 14.1. The molecule has 0 N–H and O–H groups in total. The number of nitrogens with zero attached hydrogens (tertiary/aromatic N) is 4. The van der Waals surface area contributed by atoms with Gasteiger partial charge in [-0.05, 0) is 51.6 Å². The molecule has 53 heavy (non-hydrogen) atoms. The average Bonchev–Trinajstić information content (AvgIpc) is 3.42. The first-order valence-electron chi connectivity index (χ1n) is 18.5. The average molecular weight is 685 g/mol. The monoisotopic (exact) mass is 684 g/mol. The van der Waals surface area contributed by atoms with Gasteiger partial charge in [0.15, 0.2) is 12.0 Å². The second-order valence-corrected chi connectivity index (χ2v) is 14.1. The van der Waals surface area contributed by atoms with Crippen LogP contribution >= 0.6 is 0 Å². The van der Waals surface area contributed by atoms with Crippen LogP contribution in [-0.4, -0.2) is 28.6 Å². The molecule has 3 atom stereocenters. The summed E-state index contributed by atoms with van der Waals surface area (Å²) in [4.78, 5) is 18.6. The molecule has 0 saturated heterocycles. The third-order valence-corrected chi connectivity index (χ3v) is 10.7. The smallest absolute Gasteiger partial charge is 0.159 e. The zero-order chi connectivity index (χ0) is 35.7. The van der Waals surface area contributed by atoms with Gasteiger partial charge in [-0.3, -0.25) is 0 Å². The first kappa shape index (κ1) is 32.5. The van der Waals surface area contributed by atoms with Gasteiger partial charge in [-0.15, -0.1) is 0 Å². The van der Waals surface area contributed by atoms with Crippen molar-refractivity contribution in [1.29, 1.82) is 0 Å². The van der Waals surface area contributed by atoms with Crippen molar-refractivity contribution >= 4 is 33.2 Å². The van der Waals surface area contributed by atoms with E-state index in [4.69, 9.17) is 15.0 Å². The fourth-order valence-electron chi connectivity index (χ4n) is 8.09. The Labute approximate surface area is 311 Å². The number of allylic oxidation sites excluding steroid dienone is 3. The largest absolute Gasteiger partial charge is 0.333 e. The van der Waals surface area contributed by atoms with Gasteiger partial charge in [-0.25, -0.2) is 15.0 Å². The lowest BCUT2D eigenvalue weighted by Gasteiger charge is -2.36. The number of rotatable bonds is 6. The third kappa shape index (κ3) is 6.17. The van der Waals surface area contributed by atoms with Gasteiger partial charge in [-0.2, -0.15) is 0 Å². The molecule has 3 unspecified atom stereocenters. The van der Waals surface area contributed by atoms with Crippen LogP contribution in [-0.2, 0) is 0 Å². The summed E-state index contributed by atoms with van der Waals surface area (Å²) in [5.41, 5.74) is 8.59. The van der Waals surface area contributed by atoms with E-state index >= 15 is 0 Å². The zero-order valence-corrected chi connectivity index (χ0v) is 30.0. The molecule has 2 heterocycles. The Balaban J connectivity index is 1.27. The van der Waals surface area contributed by atoms with E-state index in [9.17, 15) is 0 Å². The molecule has 7 aromatic rings. The van der Waals surface area contributed by atoms with Crippen molar-refractivity contribution in [3.8, 4) is 22.5 Å². The second kappa shape index (κ2) is 14.0. The summed E-state index contributed by atoms with van der Waals surface area (Å²) in [6.07, 6.45) is 7.40. The molecular weight excluding hydrogens is 645 g/mol. The van der Waals surface area contributed by atoms with Crippen molar-refractivity contribution in [3.05, 3.63) is 198 Å².